The zero-order chi connectivity index (χ0) is 13.8. The van der Waals surface area contributed by atoms with Crippen molar-refractivity contribution in [2.45, 2.75) is 13.8 Å². The van der Waals surface area contributed by atoms with E-state index in [1.165, 1.54) is 6.20 Å². The zero-order valence-electron chi connectivity index (χ0n) is 10.6. The lowest BCUT2D eigenvalue weighted by Crippen LogP contribution is -2.21. The normalized spacial score (nSPS) is 10.2. The molecular weight excluding hydrogens is 246 g/mol. The summed E-state index contributed by atoms with van der Waals surface area (Å²) in [5, 5.41) is 0. The Labute approximate surface area is 109 Å². The van der Waals surface area contributed by atoms with Crippen molar-refractivity contribution in [3.05, 3.63) is 46.1 Å². The number of aryl methyl sites for hydroxylation is 1. The largest absolute Gasteiger partial charge is 0.462 e. The molecule has 6 nitrogen and oxygen atoms in total. The first kappa shape index (κ1) is 12.9. The van der Waals surface area contributed by atoms with Gasteiger partial charge in [-0.3, -0.25) is 9.78 Å². The molecule has 0 amide bonds. The molecule has 6 heteroatoms. The van der Waals surface area contributed by atoms with E-state index in [-0.39, 0.29) is 12.2 Å². The molecule has 0 saturated heterocycles. The number of nitrogens with one attached hydrogen (secondary N) is 1. The average Bonchev–Trinajstić information content (AvgIpc) is 2.39. The molecule has 0 radical (unpaired) electrons. The number of pyridine rings is 1. The van der Waals surface area contributed by atoms with Gasteiger partial charge in [0.2, 0.25) is 0 Å². The molecule has 0 fully saturated rings. The molecule has 0 bridgehead atoms. The van der Waals surface area contributed by atoms with Crippen LogP contribution >= 0.6 is 0 Å². The highest BCUT2D eigenvalue weighted by Crippen LogP contribution is 2.16. The van der Waals surface area contributed by atoms with Crippen molar-refractivity contribution in [3.63, 3.8) is 0 Å². The number of esters is 1. The molecule has 0 unspecified atom stereocenters. The van der Waals surface area contributed by atoms with Crippen molar-refractivity contribution in [1.82, 2.24) is 15.0 Å². The predicted octanol–water partition coefficient (Wildman–Crippen LogP) is 1.32. The van der Waals surface area contributed by atoms with Crippen LogP contribution in [0.3, 0.4) is 0 Å². The van der Waals surface area contributed by atoms with E-state index < -0.39 is 11.5 Å². The number of ether oxygens (including phenoxy) is 1. The van der Waals surface area contributed by atoms with Gasteiger partial charge in [-0.25, -0.2) is 9.78 Å². The summed E-state index contributed by atoms with van der Waals surface area (Å²) in [6.07, 6.45) is 4.52. The van der Waals surface area contributed by atoms with Crippen LogP contribution in [0.15, 0.2) is 29.5 Å². The fourth-order valence-electron chi connectivity index (χ4n) is 1.63. The Balaban J connectivity index is 2.43. The van der Waals surface area contributed by atoms with Gasteiger partial charge >= 0.3 is 5.97 Å². The van der Waals surface area contributed by atoms with Gasteiger partial charge in [0.05, 0.1) is 6.61 Å². The van der Waals surface area contributed by atoms with Crippen molar-refractivity contribution in [3.8, 4) is 11.4 Å². The maximum absolute atomic E-state index is 11.8. The number of nitrogens with zero attached hydrogens (tertiary/aromatic N) is 2. The quantitative estimate of drug-likeness (QED) is 0.840. The Hall–Kier alpha value is -2.50. The molecule has 0 aliphatic carbocycles. The number of carbonyl (C=O) groups excluding carboxylic acids is 1. The third-order valence-electron chi connectivity index (χ3n) is 2.57. The predicted molar refractivity (Wildman–Crippen MR) is 68.8 cm³/mol. The molecule has 2 heterocycles. The second kappa shape index (κ2) is 5.43. The summed E-state index contributed by atoms with van der Waals surface area (Å²) in [4.78, 5) is 34.0. The fourth-order valence-corrected chi connectivity index (χ4v) is 1.63. The van der Waals surface area contributed by atoms with Crippen molar-refractivity contribution >= 4 is 5.97 Å². The maximum atomic E-state index is 11.8. The van der Waals surface area contributed by atoms with Crippen LogP contribution in [0.2, 0.25) is 0 Å². The van der Waals surface area contributed by atoms with E-state index in [1.54, 1.807) is 25.4 Å². The minimum Gasteiger partial charge on any atom is -0.462 e. The zero-order valence-corrected chi connectivity index (χ0v) is 10.6. The fraction of sp³-hybridized carbons (Fsp3) is 0.231. The van der Waals surface area contributed by atoms with Crippen molar-refractivity contribution < 1.29 is 9.53 Å². The molecule has 0 atom stereocenters. The molecule has 2 aromatic heterocycles. The third kappa shape index (κ3) is 2.67. The van der Waals surface area contributed by atoms with E-state index in [9.17, 15) is 9.59 Å². The van der Waals surface area contributed by atoms with Gasteiger partial charge in [0.15, 0.2) is 0 Å². The van der Waals surface area contributed by atoms with E-state index in [0.29, 0.717) is 5.82 Å². The number of rotatable bonds is 3. The van der Waals surface area contributed by atoms with Gasteiger partial charge in [-0.05, 0) is 25.5 Å². The molecule has 0 aliphatic heterocycles. The number of hydrogen-bond acceptors (Lipinski definition) is 5. The van der Waals surface area contributed by atoms with Crippen LogP contribution in [0, 0.1) is 6.92 Å². The first-order valence-electron chi connectivity index (χ1n) is 5.81. The molecular formula is C13H13N3O3. The van der Waals surface area contributed by atoms with Crippen LogP contribution in [-0.4, -0.2) is 27.5 Å². The number of carbonyl (C=O) groups is 1. The lowest BCUT2D eigenvalue weighted by molar-refractivity contribution is 0.0524. The third-order valence-corrected chi connectivity index (χ3v) is 2.57. The molecule has 0 aromatic carbocycles. The second-order valence-corrected chi connectivity index (χ2v) is 3.89. The summed E-state index contributed by atoms with van der Waals surface area (Å²) < 4.78 is 4.77. The van der Waals surface area contributed by atoms with E-state index >= 15 is 0 Å². The highest BCUT2D eigenvalue weighted by Gasteiger charge is 2.13. The maximum Gasteiger partial charge on any atom is 0.345 e. The van der Waals surface area contributed by atoms with Gasteiger partial charge in [0.25, 0.3) is 5.56 Å². The summed E-state index contributed by atoms with van der Waals surface area (Å²) in [6, 6.07) is 1.75. The van der Waals surface area contributed by atoms with Gasteiger partial charge in [0.1, 0.15) is 11.4 Å². The molecule has 0 saturated carbocycles. The molecule has 19 heavy (non-hydrogen) atoms. The van der Waals surface area contributed by atoms with Gasteiger partial charge < -0.3 is 9.72 Å². The van der Waals surface area contributed by atoms with Crippen LogP contribution in [0.4, 0.5) is 0 Å². The van der Waals surface area contributed by atoms with Crippen LogP contribution in [0.5, 0.6) is 0 Å². The first-order chi connectivity index (χ1) is 9.13. The van der Waals surface area contributed by atoms with E-state index in [4.69, 9.17) is 4.74 Å². The summed E-state index contributed by atoms with van der Waals surface area (Å²) in [5.41, 5.74) is 1.04. The minimum absolute atomic E-state index is 0.0997. The van der Waals surface area contributed by atoms with Crippen LogP contribution < -0.4 is 5.56 Å². The van der Waals surface area contributed by atoms with Crippen molar-refractivity contribution in [1.29, 1.82) is 0 Å². The Morgan fingerprint density at radius 1 is 1.42 bits per heavy atom. The number of aromatic nitrogens is 3. The van der Waals surface area contributed by atoms with E-state index in [0.717, 1.165) is 11.1 Å². The first-order valence-corrected chi connectivity index (χ1v) is 5.81. The summed E-state index contributed by atoms with van der Waals surface area (Å²) >= 11 is 0. The van der Waals surface area contributed by atoms with Crippen LogP contribution in [-0.2, 0) is 4.74 Å². The van der Waals surface area contributed by atoms with Crippen LogP contribution in [0.1, 0.15) is 22.8 Å². The Kier molecular flexibility index (Phi) is 3.70. The minimum atomic E-state index is -0.672. The summed E-state index contributed by atoms with van der Waals surface area (Å²) in [6.45, 7) is 3.75. The summed E-state index contributed by atoms with van der Waals surface area (Å²) in [5.74, 6) is -0.271. The second-order valence-electron chi connectivity index (χ2n) is 3.89. The molecule has 2 aromatic rings. The topological polar surface area (TPSA) is 84.9 Å². The molecule has 2 rings (SSSR count). The monoisotopic (exact) mass is 259 g/mol. The van der Waals surface area contributed by atoms with Crippen molar-refractivity contribution in [2.24, 2.45) is 0 Å². The van der Waals surface area contributed by atoms with Crippen LogP contribution in [0.25, 0.3) is 11.4 Å². The highest BCUT2D eigenvalue weighted by atomic mass is 16.5. The molecule has 1 N–H and O–H groups in total. The standard InChI is InChI=1S/C13H13N3O3/c1-3-19-13(18)10-7-15-11(16-12(10)17)9-4-5-14-6-8(9)2/h4-7H,3H2,1-2H3,(H,15,16,17). The molecule has 0 spiro atoms. The summed E-state index contributed by atoms with van der Waals surface area (Å²) in [7, 11) is 0. The number of hydrogen-bond donors (Lipinski definition) is 1. The van der Waals surface area contributed by atoms with Gasteiger partial charge in [-0.15, -0.1) is 0 Å². The molecule has 98 valence electrons. The van der Waals surface area contributed by atoms with Gasteiger partial charge in [-0.1, -0.05) is 0 Å². The smallest absolute Gasteiger partial charge is 0.345 e. The highest BCUT2D eigenvalue weighted by molar-refractivity contribution is 5.88. The molecule has 0 aliphatic rings. The Bertz CT molecular complexity index is 664. The Morgan fingerprint density at radius 2 is 2.21 bits per heavy atom. The number of aromatic amines is 1. The van der Waals surface area contributed by atoms with E-state index in [1.807, 2.05) is 6.92 Å². The lowest BCUT2D eigenvalue weighted by atomic mass is 10.1. The number of H-pyrrole nitrogens is 1. The van der Waals surface area contributed by atoms with Gasteiger partial charge in [0, 0.05) is 24.2 Å². The lowest BCUT2D eigenvalue weighted by Gasteiger charge is -2.05. The van der Waals surface area contributed by atoms with E-state index in [2.05, 4.69) is 15.0 Å². The van der Waals surface area contributed by atoms with Crippen molar-refractivity contribution in [2.75, 3.05) is 6.61 Å². The SMILES string of the molecule is CCOC(=O)c1cnc(-c2ccncc2C)[nH]c1=O. The Morgan fingerprint density at radius 3 is 2.84 bits per heavy atom. The average molecular weight is 259 g/mol. The van der Waals surface area contributed by atoms with Gasteiger partial charge in [-0.2, -0.15) is 0 Å².